The van der Waals surface area contributed by atoms with Gasteiger partial charge in [0, 0.05) is 94.6 Å². The van der Waals surface area contributed by atoms with Gasteiger partial charge < -0.3 is 67.9 Å². The van der Waals surface area contributed by atoms with Crippen molar-refractivity contribution in [2.45, 2.75) is 192 Å². The van der Waals surface area contributed by atoms with E-state index >= 15 is 24.0 Å². The molecule has 0 saturated carbocycles. The number of carboxylic acids is 2. The number of nitrogens with zero attached hydrogens (tertiary/aromatic N) is 8. The lowest BCUT2D eigenvalue weighted by Crippen LogP contribution is -2.60. The van der Waals surface area contributed by atoms with E-state index in [-0.39, 0.29) is 77.3 Å². The molecule has 12 atom stereocenters. The van der Waals surface area contributed by atoms with Gasteiger partial charge in [-0.2, -0.15) is 0 Å². The van der Waals surface area contributed by atoms with Crippen LogP contribution in [0.2, 0.25) is 0 Å². The van der Waals surface area contributed by atoms with Crippen LogP contribution in [0.1, 0.15) is 133 Å². The lowest BCUT2D eigenvalue weighted by atomic mass is 9.85. The fraction of sp³-hybridized carbons (Fsp3) is 0.435. The molecule has 6 aliphatic rings. The van der Waals surface area contributed by atoms with E-state index in [0.29, 0.717) is 45.0 Å². The molecule has 2 aromatic heterocycles. The largest absolute Gasteiger partial charge is 0.481 e. The highest BCUT2D eigenvalue weighted by Crippen LogP contribution is 2.35. The summed E-state index contributed by atoms with van der Waals surface area (Å²) in [6, 6.07) is 27.1. The molecular formula is C85H103N17O14. The second-order valence-corrected chi connectivity index (χ2v) is 32.7. The highest BCUT2D eigenvalue weighted by atomic mass is 16.4. The molecule has 31 heteroatoms. The minimum absolute atomic E-state index is 0.0443. The SMILES string of the molecule is CN[C@@H](C)C(=O)N[C@H](C(=O)N1C[C@@H]2C[C@H]1C(=O)N[C@@H](Cc1ccc3ccccc3c1)C(=O)C[C@H](C(=O)O)Cc1ccc(cc1)NC(=O)CCc1cn(nn1)[C@H]1C[C@@H](C(=O)N[C@@H](Cc3ccc4ccccc4c3)C(=O)N[C@H](C(=O)O)Cc3ccc(cc3)NC(=O)CCc3cn2nn3)N(C(=O)[C@@H](NC(=O)[C@H](C)NC)C(C)(C)C)C1)C(C)(C)C. The Morgan fingerprint density at radius 3 is 1.32 bits per heavy atom. The summed E-state index contributed by atoms with van der Waals surface area (Å²) in [5.41, 5.74) is 1.96. The topological polar surface area (TPSA) is 421 Å². The maximum absolute atomic E-state index is 15.3. The molecule has 0 aliphatic carbocycles. The minimum Gasteiger partial charge on any atom is -0.481 e. The quantitative estimate of drug-likeness (QED) is 0.0652. The highest BCUT2D eigenvalue weighted by molar-refractivity contribution is 5.99. The Hall–Kier alpha value is -12.1. The zero-order valence-electron chi connectivity index (χ0n) is 66.8. The summed E-state index contributed by atoms with van der Waals surface area (Å²) in [6.07, 6.45) is 2.05. The zero-order chi connectivity index (χ0) is 83.4. The van der Waals surface area contributed by atoms with Gasteiger partial charge in [-0.1, -0.05) is 161 Å². The van der Waals surface area contributed by atoms with Gasteiger partial charge >= 0.3 is 11.9 Å². The monoisotopic (exact) mass is 1590 g/mol. The van der Waals surface area contributed by atoms with Crippen LogP contribution < -0.4 is 47.9 Å². The Morgan fingerprint density at radius 1 is 0.491 bits per heavy atom. The second-order valence-electron chi connectivity index (χ2n) is 32.7. The van der Waals surface area contributed by atoms with Crippen molar-refractivity contribution in [2.24, 2.45) is 16.7 Å². The smallest absolute Gasteiger partial charge is 0.326 e. The number of rotatable bonds is 14. The predicted octanol–water partition coefficient (Wildman–Crippen LogP) is 5.36. The molecule has 9 amide bonds. The molecule has 6 aromatic carbocycles. The van der Waals surface area contributed by atoms with E-state index in [9.17, 15) is 43.8 Å². The van der Waals surface area contributed by atoms with Crippen LogP contribution in [-0.2, 0) is 96.1 Å². The van der Waals surface area contributed by atoms with E-state index in [2.05, 4.69) is 68.5 Å². The first kappa shape index (κ1) is 84.8. The summed E-state index contributed by atoms with van der Waals surface area (Å²) < 4.78 is 3.01. The lowest BCUT2D eigenvalue weighted by molar-refractivity contribution is -0.145. The third-order valence-electron chi connectivity index (χ3n) is 21.9. The van der Waals surface area contributed by atoms with Crippen molar-refractivity contribution >= 4 is 104 Å². The second kappa shape index (κ2) is 37.0. The molecule has 14 rings (SSSR count). The molecule has 8 aromatic rings. The van der Waals surface area contributed by atoms with E-state index in [1.807, 2.05) is 78.9 Å². The van der Waals surface area contributed by atoms with Gasteiger partial charge in [0.2, 0.25) is 53.2 Å². The van der Waals surface area contributed by atoms with Gasteiger partial charge in [0.15, 0.2) is 5.78 Å². The Morgan fingerprint density at radius 2 is 0.905 bits per heavy atom. The molecule has 2 fully saturated rings. The Balaban J connectivity index is 0.898. The van der Waals surface area contributed by atoms with Crippen molar-refractivity contribution in [3.05, 3.63) is 179 Å². The lowest BCUT2D eigenvalue weighted by Gasteiger charge is -2.36. The number of likely N-dealkylation sites (tertiary alicyclic amines) is 2. The number of aliphatic carboxylic acids is 2. The van der Waals surface area contributed by atoms with Gasteiger partial charge in [0.1, 0.15) is 36.3 Å². The molecule has 0 spiro atoms. The maximum atomic E-state index is 15.3. The minimum atomic E-state index is -1.54. The summed E-state index contributed by atoms with van der Waals surface area (Å²) >= 11 is 0. The van der Waals surface area contributed by atoms with E-state index in [1.165, 1.54) is 19.2 Å². The number of likely N-dealkylation sites (N-methyl/N-ethyl adjacent to an activating group) is 2. The number of carbonyl (C=O) groups is 12. The first-order valence-electron chi connectivity index (χ1n) is 39.2. The number of hydrogen-bond acceptors (Lipinski definition) is 18. The molecular weight excluding hydrogens is 1480 g/mol. The summed E-state index contributed by atoms with van der Waals surface area (Å²) in [5, 5.41) is 68.5. The van der Waals surface area contributed by atoms with E-state index in [1.54, 1.807) is 136 Å². The van der Waals surface area contributed by atoms with Crippen LogP contribution in [0.4, 0.5) is 11.4 Å². The number of amides is 9. The van der Waals surface area contributed by atoms with Crippen molar-refractivity contribution in [1.82, 2.24) is 77.0 Å². The number of benzene rings is 6. The van der Waals surface area contributed by atoms with Crippen LogP contribution in [0.15, 0.2) is 146 Å². The molecule has 11 N–H and O–H groups in total. The molecule has 0 radical (unpaired) electrons. The first-order valence-corrected chi connectivity index (χ1v) is 39.2. The molecule has 6 aliphatic heterocycles. The van der Waals surface area contributed by atoms with Crippen molar-refractivity contribution in [3.8, 4) is 0 Å². The van der Waals surface area contributed by atoms with Crippen molar-refractivity contribution in [2.75, 3.05) is 37.8 Å². The highest BCUT2D eigenvalue weighted by Gasteiger charge is 2.49. The number of Topliss-reactive ketones (excluding diaryl/α,β-unsaturated/α-hetero) is 1. The number of aryl methyl sites for hydroxylation is 2. The van der Waals surface area contributed by atoms with Crippen LogP contribution in [-0.4, -0.2) is 202 Å². The van der Waals surface area contributed by atoms with Crippen molar-refractivity contribution in [3.63, 3.8) is 0 Å². The fourth-order valence-electron chi connectivity index (χ4n) is 14.8. The van der Waals surface area contributed by atoms with E-state index < -0.39 is 161 Å². The molecule has 12 bridgehead atoms. The Labute approximate surface area is 672 Å². The number of nitrogens with one attached hydrogen (secondary N) is 9. The number of carboxylic acid groups (broad SMARTS) is 2. The summed E-state index contributed by atoms with van der Waals surface area (Å²) in [5.74, 6) is -9.84. The van der Waals surface area contributed by atoms with Crippen LogP contribution in [0.3, 0.4) is 0 Å². The van der Waals surface area contributed by atoms with Crippen LogP contribution in [0, 0.1) is 16.7 Å². The number of hydrogen-bond donors (Lipinski definition) is 11. The summed E-state index contributed by atoms with van der Waals surface area (Å²) in [7, 11) is 3.21. The molecule has 612 valence electrons. The van der Waals surface area contributed by atoms with Crippen LogP contribution in [0.5, 0.6) is 0 Å². The summed E-state index contributed by atoms with van der Waals surface area (Å²) in [6.45, 7) is 13.7. The zero-order valence-corrected chi connectivity index (χ0v) is 66.8. The third kappa shape index (κ3) is 21.4. The first-order chi connectivity index (χ1) is 55.2. The molecule has 8 heterocycles. The maximum Gasteiger partial charge on any atom is 0.326 e. The van der Waals surface area contributed by atoms with Gasteiger partial charge in [0.25, 0.3) is 0 Å². The number of carbonyl (C=O) groups excluding carboxylic acids is 10. The molecule has 0 unspecified atom stereocenters. The van der Waals surface area contributed by atoms with Crippen LogP contribution in [0.25, 0.3) is 21.5 Å². The van der Waals surface area contributed by atoms with Gasteiger partial charge in [0.05, 0.1) is 47.5 Å². The molecule has 31 nitrogen and oxygen atoms in total. The Kier molecular flexibility index (Phi) is 27.0. The Bertz CT molecular complexity index is 4670. The number of anilines is 2. The van der Waals surface area contributed by atoms with Gasteiger partial charge in [-0.05, 0) is 120 Å². The van der Waals surface area contributed by atoms with Gasteiger partial charge in [-0.25, -0.2) is 14.2 Å². The molecule has 116 heavy (non-hydrogen) atoms. The standard InChI is InChI=1S/C85H103N17O14/c1-48(86-9)75(106)93-73(84(3,4)5)80(111)99-46-63-42-68(99)78(109)90-65(39-52-19-25-54-15-11-13-17-56(54)36-52)70(103)41-58(82(113)114)35-50-21-27-59(28-22-50)88-71(104)33-31-62-45-102(98-96-62)64-43-69(100(47-64)81(112)74(85(6,7)8)94-76(107)49(2)87-10)79(110)91-66(40-53-20-26-55-16-12-14-18-57(55)37-53)77(108)92-67(83(115)116)38-51-23-29-60(30-24-51)89-72(105)34-32-61-44-101(63)97-95-61/h11-30,36-37,44-45,48-49,58,63-69,73-74,86-87H,31-35,38-43,46-47H2,1-10H3,(H,88,104)(H,89,105)(H,90,109)(H,91,110)(H,92,108)(H,93,106)(H,94,107)(H,113,114)(H,115,116)/t48-,49-,58+,63-,64-,65-,66-,67-,68-,69-,73+,74+/m0/s1. The van der Waals surface area contributed by atoms with Crippen molar-refractivity contribution in [1.29, 1.82) is 0 Å². The van der Waals surface area contributed by atoms with Gasteiger partial charge in [-0.3, -0.25) is 52.7 Å². The third-order valence-corrected chi connectivity index (χ3v) is 21.9. The average Bonchev–Trinajstić information content (AvgIpc) is 1.63. The molecule has 2 saturated heterocycles. The normalized spacial score (nSPS) is 21.7. The number of aromatic nitrogens is 6. The number of ketones is 1. The number of fused-ring (bicyclic) bond motifs is 2. The van der Waals surface area contributed by atoms with E-state index in [4.69, 9.17) is 0 Å². The van der Waals surface area contributed by atoms with E-state index in [0.717, 1.165) is 21.5 Å². The van der Waals surface area contributed by atoms with Crippen molar-refractivity contribution < 1.29 is 67.7 Å². The van der Waals surface area contributed by atoms with Crippen LogP contribution >= 0.6 is 0 Å². The summed E-state index contributed by atoms with van der Waals surface area (Å²) in [4.78, 5) is 175. The van der Waals surface area contributed by atoms with Gasteiger partial charge in [-0.15, -0.1) is 10.2 Å². The predicted molar refractivity (Wildman–Crippen MR) is 432 cm³/mol. The fourth-order valence-corrected chi connectivity index (χ4v) is 14.8. The average molecular weight is 1590 g/mol.